The third-order valence-corrected chi connectivity index (χ3v) is 4.78. The molecule has 0 saturated heterocycles. The van der Waals surface area contributed by atoms with E-state index < -0.39 is 46.3 Å². The first-order valence-electron chi connectivity index (χ1n) is 9.02. The molecule has 0 bridgehead atoms. The molecular formula is C21H18ClF4NO4. The van der Waals surface area contributed by atoms with E-state index in [1.807, 2.05) is 0 Å². The van der Waals surface area contributed by atoms with E-state index in [4.69, 9.17) is 21.1 Å². The maximum absolute atomic E-state index is 16.5. The van der Waals surface area contributed by atoms with Crippen molar-refractivity contribution in [3.8, 4) is 5.75 Å². The van der Waals surface area contributed by atoms with Crippen molar-refractivity contribution in [2.45, 2.75) is 38.2 Å². The van der Waals surface area contributed by atoms with E-state index in [0.717, 1.165) is 12.1 Å². The van der Waals surface area contributed by atoms with Gasteiger partial charge >= 0.3 is 12.3 Å². The van der Waals surface area contributed by atoms with E-state index in [0.29, 0.717) is 12.1 Å². The molecule has 1 atom stereocenters. The van der Waals surface area contributed by atoms with Gasteiger partial charge in [0.05, 0.1) is 18.4 Å². The first kappa shape index (κ1) is 22.9. The minimum atomic E-state index is -4.78. The van der Waals surface area contributed by atoms with Crippen LogP contribution in [0.5, 0.6) is 5.75 Å². The normalized spacial score (nSPS) is 18.7. The number of benzene rings is 2. The lowest BCUT2D eigenvalue weighted by Crippen LogP contribution is -2.44. The molecule has 3 rings (SSSR count). The van der Waals surface area contributed by atoms with Gasteiger partial charge in [0.15, 0.2) is 0 Å². The van der Waals surface area contributed by atoms with Gasteiger partial charge in [-0.25, -0.2) is 14.1 Å². The average Bonchev–Trinajstić information content (AvgIpc) is 2.87. The largest absolute Gasteiger partial charge is 0.496 e. The molecule has 5 nitrogen and oxygen atoms in total. The van der Waals surface area contributed by atoms with Crippen LogP contribution in [0, 0.1) is 0 Å². The van der Waals surface area contributed by atoms with E-state index in [1.165, 1.54) is 40.0 Å². The Morgan fingerprint density at radius 3 is 2.26 bits per heavy atom. The summed E-state index contributed by atoms with van der Waals surface area (Å²) < 4.78 is 66.7. The molecule has 1 heterocycles. The Hall–Kier alpha value is -2.81. The standard InChI is InChI=1S/C21H18ClF4NO4/c1-19(2,3)31-18(29)27-15-9-11(21(24,25)26)5-7-13(15)20(23,17(27)28)14-10-12(22)6-8-16(14)30-4/h5-10H,1-4H3/t20-/m0/s1. The van der Waals surface area contributed by atoms with Gasteiger partial charge in [0, 0.05) is 16.1 Å². The highest BCUT2D eigenvalue weighted by Gasteiger charge is 2.58. The van der Waals surface area contributed by atoms with Gasteiger partial charge in [-0.1, -0.05) is 17.7 Å². The number of anilines is 1. The Labute approximate surface area is 180 Å². The minimum absolute atomic E-state index is 0.0600. The van der Waals surface area contributed by atoms with Crippen LogP contribution in [0.25, 0.3) is 0 Å². The number of carbonyl (C=O) groups is 2. The maximum atomic E-state index is 16.5. The zero-order valence-corrected chi connectivity index (χ0v) is 17.7. The number of nitrogens with zero attached hydrogens (tertiary/aromatic N) is 1. The number of ether oxygens (including phenoxy) is 2. The molecule has 10 heteroatoms. The van der Waals surface area contributed by atoms with Crippen LogP contribution in [0.2, 0.25) is 5.02 Å². The summed E-state index contributed by atoms with van der Waals surface area (Å²) in [6, 6.07) is 5.82. The van der Waals surface area contributed by atoms with Crippen LogP contribution in [-0.4, -0.2) is 24.7 Å². The predicted octanol–water partition coefficient (Wildman–Crippen LogP) is 5.86. The second-order valence-corrected chi connectivity index (χ2v) is 8.29. The maximum Gasteiger partial charge on any atom is 0.421 e. The fourth-order valence-electron chi connectivity index (χ4n) is 3.26. The summed E-state index contributed by atoms with van der Waals surface area (Å²) in [4.78, 5) is 26.2. The van der Waals surface area contributed by atoms with Crippen molar-refractivity contribution in [1.29, 1.82) is 0 Å². The van der Waals surface area contributed by atoms with Gasteiger partial charge in [0.2, 0.25) is 5.67 Å². The zero-order chi connectivity index (χ0) is 23.4. The fourth-order valence-corrected chi connectivity index (χ4v) is 3.43. The number of fused-ring (bicyclic) bond motifs is 1. The Bertz CT molecular complexity index is 1060. The molecule has 0 spiro atoms. The lowest BCUT2D eigenvalue weighted by atomic mass is 9.88. The number of alkyl halides is 4. The van der Waals surface area contributed by atoms with Gasteiger partial charge in [-0.15, -0.1) is 0 Å². The van der Waals surface area contributed by atoms with Crippen molar-refractivity contribution in [2.75, 3.05) is 12.0 Å². The van der Waals surface area contributed by atoms with E-state index in [-0.39, 0.29) is 21.2 Å². The van der Waals surface area contributed by atoms with Crippen LogP contribution in [0.15, 0.2) is 36.4 Å². The van der Waals surface area contributed by atoms with Gasteiger partial charge in [-0.2, -0.15) is 13.2 Å². The van der Waals surface area contributed by atoms with E-state index in [1.54, 1.807) is 0 Å². The third kappa shape index (κ3) is 3.94. The first-order chi connectivity index (χ1) is 14.2. The molecule has 2 aromatic carbocycles. The molecule has 166 valence electrons. The Morgan fingerprint density at radius 2 is 1.71 bits per heavy atom. The molecule has 31 heavy (non-hydrogen) atoms. The predicted molar refractivity (Wildman–Crippen MR) is 105 cm³/mol. The lowest BCUT2D eigenvalue weighted by Gasteiger charge is -2.25. The summed E-state index contributed by atoms with van der Waals surface area (Å²) in [6.07, 6.45) is -6.09. The van der Waals surface area contributed by atoms with Crippen molar-refractivity contribution < 1.29 is 36.6 Å². The molecule has 0 radical (unpaired) electrons. The van der Waals surface area contributed by atoms with Crippen LogP contribution in [-0.2, 0) is 21.4 Å². The Kier molecular flexibility index (Phi) is 5.46. The number of hydrogen-bond acceptors (Lipinski definition) is 4. The van der Waals surface area contributed by atoms with Gasteiger partial charge in [0.1, 0.15) is 11.4 Å². The van der Waals surface area contributed by atoms with Crippen molar-refractivity contribution in [3.05, 3.63) is 58.1 Å². The Balaban J connectivity index is 2.29. The number of rotatable bonds is 2. The Morgan fingerprint density at radius 1 is 1.06 bits per heavy atom. The summed E-state index contributed by atoms with van der Waals surface area (Å²) in [5, 5.41) is 0.0600. The molecule has 0 aromatic heterocycles. The quantitative estimate of drug-likeness (QED) is 0.528. The van der Waals surface area contributed by atoms with Crippen molar-refractivity contribution in [2.24, 2.45) is 0 Å². The number of imide groups is 1. The highest BCUT2D eigenvalue weighted by molar-refractivity contribution is 6.31. The molecule has 0 aliphatic carbocycles. The number of halogens is 5. The van der Waals surface area contributed by atoms with Crippen LogP contribution in [0.1, 0.15) is 37.5 Å². The lowest BCUT2D eigenvalue weighted by molar-refractivity contribution is -0.137. The minimum Gasteiger partial charge on any atom is -0.496 e. The number of carbonyl (C=O) groups excluding carboxylic acids is 2. The highest BCUT2D eigenvalue weighted by atomic mass is 35.5. The van der Waals surface area contributed by atoms with Gasteiger partial charge in [-0.05, 0) is 51.1 Å². The van der Waals surface area contributed by atoms with Crippen molar-refractivity contribution in [1.82, 2.24) is 0 Å². The first-order valence-corrected chi connectivity index (χ1v) is 9.40. The fraction of sp³-hybridized carbons (Fsp3) is 0.333. The zero-order valence-electron chi connectivity index (χ0n) is 16.9. The number of amides is 2. The average molecular weight is 460 g/mol. The van der Waals surface area contributed by atoms with Gasteiger partial charge in [0.25, 0.3) is 5.91 Å². The van der Waals surface area contributed by atoms with Gasteiger partial charge < -0.3 is 9.47 Å². The molecule has 0 fully saturated rings. The molecule has 0 unspecified atom stereocenters. The summed E-state index contributed by atoms with van der Waals surface area (Å²) >= 11 is 5.97. The molecule has 1 aliphatic heterocycles. The monoisotopic (exact) mass is 459 g/mol. The summed E-state index contributed by atoms with van der Waals surface area (Å²) in [6.45, 7) is 4.50. The molecule has 2 aromatic rings. The summed E-state index contributed by atoms with van der Waals surface area (Å²) in [7, 11) is 1.23. The number of hydrogen-bond donors (Lipinski definition) is 0. The van der Waals surface area contributed by atoms with Crippen LogP contribution in [0.3, 0.4) is 0 Å². The summed E-state index contributed by atoms with van der Waals surface area (Å²) in [5.41, 5.74) is -6.66. The van der Waals surface area contributed by atoms with Crippen molar-refractivity contribution in [3.63, 3.8) is 0 Å². The molecule has 0 N–H and O–H groups in total. The molecule has 0 saturated carbocycles. The molecular weight excluding hydrogens is 442 g/mol. The van der Waals surface area contributed by atoms with Crippen molar-refractivity contribution >= 4 is 29.3 Å². The summed E-state index contributed by atoms with van der Waals surface area (Å²) in [5.74, 6) is -1.51. The van der Waals surface area contributed by atoms with E-state index in [9.17, 15) is 22.8 Å². The second kappa shape index (κ2) is 7.40. The van der Waals surface area contributed by atoms with Gasteiger partial charge in [-0.3, -0.25) is 4.79 Å². The van der Waals surface area contributed by atoms with Crippen LogP contribution >= 0.6 is 11.6 Å². The third-order valence-electron chi connectivity index (χ3n) is 4.54. The molecule has 2 amide bonds. The SMILES string of the molecule is COc1ccc(Cl)cc1[C@]1(F)C(=O)N(C(=O)OC(C)(C)C)c2cc(C(F)(F)F)ccc21. The van der Waals surface area contributed by atoms with Crippen LogP contribution in [0.4, 0.5) is 28.0 Å². The smallest absolute Gasteiger partial charge is 0.421 e. The van der Waals surface area contributed by atoms with E-state index >= 15 is 4.39 Å². The second-order valence-electron chi connectivity index (χ2n) is 7.85. The topological polar surface area (TPSA) is 55.8 Å². The molecule has 1 aliphatic rings. The number of methoxy groups -OCH3 is 1. The van der Waals surface area contributed by atoms with Crippen LogP contribution < -0.4 is 9.64 Å². The highest BCUT2D eigenvalue weighted by Crippen LogP contribution is 2.51. The van der Waals surface area contributed by atoms with E-state index in [2.05, 4.69) is 0 Å².